The quantitative estimate of drug-likeness (QED) is 0.649. The van der Waals surface area contributed by atoms with Gasteiger partial charge in [0.2, 0.25) is 0 Å². The molecule has 2 rings (SSSR count). The fourth-order valence-electron chi connectivity index (χ4n) is 2.71. The lowest BCUT2D eigenvalue weighted by Crippen LogP contribution is -2.43. The number of nitrogens with one attached hydrogen (secondary N) is 1. The molecule has 0 aromatic heterocycles. The maximum atomic E-state index is 5.56. The van der Waals surface area contributed by atoms with E-state index < -0.39 is 0 Å². The number of para-hydroxylation sites is 1. The van der Waals surface area contributed by atoms with Crippen molar-refractivity contribution in [3.8, 4) is 0 Å². The van der Waals surface area contributed by atoms with Crippen LogP contribution in [0.5, 0.6) is 0 Å². The third kappa shape index (κ3) is 3.47. The summed E-state index contributed by atoms with van der Waals surface area (Å²) in [7, 11) is 0. The summed E-state index contributed by atoms with van der Waals surface area (Å²) in [5, 5.41) is 4.30. The number of hydrogen-bond acceptors (Lipinski definition) is 1. The van der Waals surface area contributed by atoms with Crippen molar-refractivity contribution in [3.63, 3.8) is 0 Å². The number of anilines is 1. The van der Waals surface area contributed by atoms with Crippen LogP contribution in [0.15, 0.2) is 24.3 Å². The van der Waals surface area contributed by atoms with E-state index in [0.29, 0.717) is 6.04 Å². The molecule has 1 aliphatic heterocycles. The summed E-state index contributed by atoms with van der Waals surface area (Å²) in [6, 6.07) is 9.04. The summed E-state index contributed by atoms with van der Waals surface area (Å²) in [6.45, 7) is 5.47. The summed E-state index contributed by atoms with van der Waals surface area (Å²) in [6.07, 6.45) is 6.18. The molecule has 19 heavy (non-hydrogen) atoms. The fraction of sp³-hybridized carbons (Fsp3) is 0.562. The van der Waals surface area contributed by atoms with E-state index in [-0.39, 0.29) is 0 Å². The van der Waals surface area contributed by atoms with Crippen LogP contribution < -0.4 is 10.2 Å². The third-order valence-corrected chi connectivity index (χ3v) is 4.07. The van der Waals surface area contributed by atoms with Crippen molar-refractivity contribution in [2.75, 3.05) is 11.4 Å². The van der Waals surface area contributed by atoms with E-state index >= 15 is 0 Å². The van der Waals surface area contributed by atoms with E-state index in [1.165, 1.54) is 36.9 Å². The second-order valence-electron chi connectivity index (χ2n) is 5.34. The molecule has 1 aromatic carbocycles. The Hall–Kier alpha value is -1.09. The van der Waals surface area contributed by atoms with Gasteiger partial charge in [0.1, 0.15) is 0 Å². The molecule has 0 fully saturated rings. The molecule has 0 radical (unpaired) electrons. The van der Waals surface area contributed by atoms with Gasteiger partial charge < -0.3 is 10.2 Å². The molecule has 0 spiro atoms. The van der Waals surface area contributed by atoms with Crippen LogP contribution in [0.25, 0.3) is 0 Å². The average Bonchev–Trinajstić information content (AvgIpc) is 2.74. The van der Waals surface area contributed by atoms with Crippen LogP contribution in [0.1, 0.15) is 45.1 Å². The Morgan fingerprint density at radius 1 is 1.32 bits per heavy atom. The number of hydrogen-bond donors (Lipinski definition) is 1. The molecule has 3 heteroatoms. The normalized spacial score (nSPS) is 17.4. The van der Waals surface area contributed by atoms with Crippen LogP contribution in [-0.2, 0) is 6.42 Å². The Morgan fingerprint density at radius 2 is 2.11 bits per heavy atom. The highest BCUT2D eigenvalue weighted by atomic mass is 32.1. The topological polar surface area (TPSA) is 15.3 Å². The van der Waals surface area contributed by atoms with Gasteiger partial charge in [-0.05, 0) is 43.6 Å². The molecule has 0 saturated carbocycles. The highest BCUT2D eigenvalue weighted by Gasteiger charge is 2.27. The van der Waals surface area contributed by atoms with Crippen molar-refractivity contribution in [1.82, 2.24) is 5.32 Å². The summed E-state index contributed by atoms with van der Waals surface area (Å²) in [5.41, 5.74) is 2.69. The molecule has 1 aromatic rings. The molecule has 0 unspecified atom stereocenters. The lowest BCUT2D eigenvalue weighted by atomic mass is 10.1. The predicted octanol–water partition coefficient (Wildman–Crippen LogP) is 3.89. The van der Waals surface area contributed by atoms with E-state index in [1.807, 2.05) is 0 Å². The molecule has 0 amide bonds. The van der Waals surface area contributed by atoms with Gasteiger partial charge in [-0.15, -0.1) is 0 Å². The highest BCUT2D eigenvalue weighted by molar-refractivity contribution is 7.80. The Labute approximate surface area is 122 Å². The maximum Gasteiger partial charge on any atom is 0.173 e. The van der Waals surface area contributed by atoms with Gasteiger partial charge in [0, 0.05) is 18.3 Å². The molecule has 1 heterocycles. The number of rotatable bonds is 5. The first-order chi connectivity index (χ1) is 9.24. The minimum absolute atomic E-state index is 0.466. The largest absolute Gasteiger partial charge is 0.362 e. The van der Waals surface area contributed by atoms with E-state index in [0.717, 1.165) is 18.1 Å². The zero-order valence-corrected chi connectivity index (χ0v) is 12.8. The summed E-state index contributed by atoms with van der Waals surface area (Å²) in [5.74, 6) is 0. The fourth-order valence-corrected chi connectivity index (χ4v) is 3.09. The lowest BCUT2D eigenvalue weighted by molar-refractivity contribution is 0.650. The first kappa shape index (κ1) is 14.3. The van der Waals surface area contributed by atoms with Gasteiger partial charge in [-0.3, -0.25) is 0 Å². The number of unbranched alkanes of at least 4 members (excludes halogenated alkanes) is 3. The molecule has 0 aliphatic carbocycles. The van der Waals surface area contributed by atoms with Gasteiger partial charge >= 0.3 is 0 Å². The zero-order valence-electron chi connectivity index (χ0n) is 12.0. The van der Waals surface area contributed by atoms with Crippen molar-refractivity contribution in [3.05, 3.63) is 29.8 Å². The maximum absolute atomic E-state index is 5.56. The van der Waals surface area contributed by atoms with E-state index in [4.69, 9.17) is 12.2 Å². The second-order valence-corrected chi connectivity index (χ2v) is 5.73. The summed E-state index contributed by atoms with van der Waals surface area (Å²) >= 11 is 5.56. The second kappa shape index (κ2) is 6.90. The first-order valence-electron chi connectivity index (χ1n) is 7.39. The zero-order chi connectivity index (χ0) is 13.7. The molecule has 104 valence electrons. The number of fused-ring (bicyclic) bond motifs is 1. The molecule has 1 atom stereocenters. The number of nitrogens with zero attached hydrogens (tertiary/aromatic N) is 1. The standard InChI is InChI=1S/C16H24N2S/c1-3-4-5-8-11-17-16(19)18-13(2)12-14-9-6-7-10-15(14)18/h6-7,9-10,13H,3-5,8,11-12H2,1-2H3,(H,17,19)/t13-/m0/s1. The van der Waals surface area contributed by atoms with Gasteiger partial charge in [0.05, 0.1) is 0 Å². The van der Waals surface area contributed by atoms with Crippen LogP contribution in [0.2, 0.25) is 0 Å². The van der Waals surface area contributed by atoms with E-state index in [1.54, 1.807) is 0 Å². The highest BCUT2D eigenvalue weighted by Crippen LogP contribution is 2.31. The molecule has 1 aliphatic rings. The molecule has 2 nitrogen and oxygen atoms in total. The SMILES string of the molecule is CCCCCCNC(=S)N1c2ccccc2C[C@@H]1C. The number of benzene rings is 1. The molecule has 0 bridgehead atoms. The smallest absolute Gasteiger partial charge is 0.173 e. The van der Waals surface area contributed by atoms with E-state index in [2.05, 4.69) is 48.3 Å². The van der Waals surface area contributed by atoms with Crippen molar-refractivity contribution in [2.45, 2.75) is 52.0 Å². The van der Waals surface area contributed by atoms with Crippen LogP contribution in [0.4, 0.5) is 5.69 Å². The Kier molecular flexibility index (Phi) is 5.20. The summed E-state index contributed by atoms with van der Waals surface area (Å²) in [4.78, 5) is 2.27. The van der Waals surface area contributed by atoms with Crippen molar-refractivity contribution in [1.29, 1.82) is 0 Å². The van der Waals surface area contributed by atoms with Gasteiger partial charge in [0.25, 0.3) is 0 Å². The Morgan fingerprint density at radius 3 is 2.89 bits per heavy atom. The van der Waals surface area contributed by atoms with Crippen LogP contribution in [0, 0.1) is 0 Å². The van der Waals surface area contributed by atoms with Gasteiger partial charge in [-0.2, -0.15) is 0 Å². The predicted molar refractivity (Wildman–Crippen MR) is 86.8 cm³/mol. The van der Waals surface area contributed by atoms with Gasteiger partial charge in [-0.1, -0.05) is 44.4 Å². The molecule has 0 saturated heterocycles. The monoisotopic (exact) mass is 276 g/mol. The minimum Gasteiger partial charge on any atom is -0.362 e. The molecule has 1 N–H and O–H groups in total. The number of thiocarbonyl (C=S) groups is 1. The van der Waals surface area contributed by atoms with Crippen LogP contribution >= 0.6 is 12.2 Å². The molecular formula is C16H24N2S. The van der Waals surface area contributed by atoms with Crippen molar-refractivity contribution >= 4 is 23.0 Å². The summed E-state index contributed by atoms with van der Waals surface area (Å²) < 4.78 is 0. The lowest BCUT2D eigenvalue weighted by Gasteiger charge is -2.26. The van der Waals surface area contributed by atoms with Crippen molar-refractivity contribution < 1.29 is 0 Å². The van der Waals surface area contributed by atoms with Gasteiger partial charge in [0.15, 0.2) is 5.11 Å². The van der Waals surface area contributed by atoms with Crippen LogP contribution in [-0.4, -0.2) is 17.7 Å². The van der Waals surface area contributed by atoms with Gasteiger partial charge in [-0.25, -0.2) is 0 Å². The van der Waals surface area contributed by atoms with E-state index in [9.17, 15) is 0 Å². The third-order valence-electron chi connectivity index (χ3n) is 3.73. The molecular weight excluding hydrogens is 252 g/mol. The Bertz CT molecular complexity index is 431. The van der Waals surface area contributed by atoms with Crippen molar-refractivity contribution in [2.24, 2.45) is 0 Å². The van der Waals surface area contributed by atoms with Crippen LogP contribution in [0.3, 0.4) is 0 Å². The first-order valence-corrected chi connectivity index (χ1v) is 7.79. The average molecular weight is 276 g/mol. The Balaban J connectivity index is 1.89. The minimum atomic E-state index is 0.466.